The van der Waals surface area contributed by atoms with Crippen LogP contribution in [0, 0.1) is 11.3 Å². The molecular weight excluding hydrogens is 616 g/mol. The number of Topliss-reactive ketones (excluding diaryl/α,β-unsaturated/α-hetero) is 1. The van der Waals surface area contributed by atoms with Gasteiger partial charge in [-0.1, -0.05) is 36.0 Å². The van der Waals surface area contributed by atoms with Crippen LogP contribution in [0.15, 0.2) is 107 Å². The van der Waals surface area contributed by atoms with Crippen LogP contribution in [0.25, 0.3) is 0 Å². The van der Waals surface area contributed by atoms with Gasteiger partial charge in [-0.25, -0.2) is 0 Å². The van der Waals surface area contributed by atoms with E-state index < -0.39 is 29.5 Å². The number of rotatable bonds is 15. The minimum absolute atomic E-state index is 0.197. The average molecular weight is 651 g/mol. The predicted octanol–water partition coefficient (Wildman–Crippen LogP) is 4.79. The molecule has 3 aromatic carbocycles. The number of hydrogen-bond donors (Lipinski definition) is 3. The summed E-state index contributed by atoms with van der Waals surface area (Å²) in [4.78, 5) is 59.2. The van der Waals surface area contributed by atoms with Gasteiger partial charge in [0.15, 0.2) is 0 Å². The highest BCUT2D eigenvalue weighted by molar-refractivity contribution is 7.99. The largest absolute Gasteiger partial charge is 0.456 e. The highest BCUT2D eigenvalue weighted by Gasteiger charge is 2.28. The molecule has 0 aliphatic carbocycles. The number of likely N-dealkylation sites (N-methyl/N-ethyl adjacent to an activating group) is 1. The number of ketones is 1. The van der Waals surface area contributed by atoms with Crippen molar-refractivity contribution in [3.05, 3.63) is 108 Å². The van der Waals surface area contributed by atoms with Gasteiger partial charge in [0.2, 0.25) is 11.7 Å². The first kappa shape index (κ1) is 34.4. The topological polar surface area (TPSA) is 168 Å². The van der Waals surface area contributed by atoms with Crippen molar-refractivity contribution in [1.29, 1.82) is 5.26 Å². The number of ether oxygens (including phenoxy) is 1. The summed E-state index contributed by atoms with van der Waals surface area (Å²) in [7, 11) is 1.48. The minimum atomic E-state index is -1.11. The molecule has 0 aliphatic heterocycles. The number of amides is 3. The number of benzene rings is 3. The van der Waals surface area contributed by atoms with Crippen molar-refractivity contribution < 1.29 is 23.9 Å². The molecule has 4 rings (SSSR count). The fraction of sp³-hybridized carbons (Fsp3) is 0.200. The van der Waals surface area contributed by atoms with Crippen LogP contribution in [0.4, 0.5) is 5.69 Å². The van der Waals surface area contributed by atoms with Crippen LogP contribution in [-0.2, 0) is 14.4 Å². The van der Waals surface area contributed by atoms with Gasteiger partial charge in [-0.15, -0.1) is 0 Å². The van der Waals surface area contributed by atoms with Crippen LogP contribution in [0.3, 0.4) is 0 Å². The molecular formula is C35H34N6O5S. The zero-order valence-corrected chi connectivity index (χ0v) is 26.5. The second-order valence-electron chi connectivity index (χ2n) is 10.4. The molecule has 240 valence electrons. The van der Waals surface area contributed by atoms with Gasteiger partial charge in [0.05, 0.1) is 29.9 Å². The lowest BCUT2D eigenvalue weighted by molar-refractivity contribution is -0.137. The van der Waals surface area contributed by atoms with Gasteiger partial charge in [-0.3, -0.25) is 24.2 Å². The van der Waals surface area contributed by atoms with Gasteiger partial charge < -0.3 is 26.0 Å². The van der Waals surface area contributed by atoms with Crippen molar-refractivity contribution >= 4 is 41.0 Å². The Labute approximate surface area is 277 Å². The average Bonchev–Trinajstić information content (AvgIpc) is 3.09. The monoisotopic (exact) mass is 650 g/mol. The normalized spacial score (nSPS) is 11.1. The minimum Gasteiger partial charge on any atom is -0.456 e. The molecule has 12 heteroatoms. The Morgan fingerprint density at radius 2 is 1.66 bits per heavy atom. The third-order valence-electron chi connectivity index (χ3n) is 6.88. The van der Waals surface area contributed by atoms with Crippen molar-refractivity contribution in [2.75, 3.05) is 25.5 Å². The number of nitrogens with zero attached hydrogens (tertiary/aromatic N) is 3. The molecule has 0 unspecified atom stereocenters. The Morgan fingerprint density at radius 1 is 0.936 bits per heavy atom. The van der Waals surface area contributed by atoms with Gasteiger partial charge in [0.1, 0.15) is 17.6 Å². The maximum Gasteiger partial charge on any atom is 0.293 e. The zero-order valence-electron chi connectivity index (χ0n) is 25.7. The predicted molar refractivity (Wildman–Crippen MR) is 178 cm³/mol. The van der Waals surface area contributed by atoms with E-state index in [1.165, 1.54) is 23.7 Å². The summed E-state index contributed by atoms with van der Waals surface area (Å²) in [6.45, 7) is 0.0370. The van der Waals surface area contributed by atoms with Crippen LogP contribution in [0.2, 0.25) is 0 Å². The summed E-state index contributed by atoms with van der Waals surface area (Å²) < 4.78 is 5.70. The second-order valence-corrected chi connectivity index (χ2v) is 11.5. The Balaban J connectivity index is 1.38. The molecule has 3 amide bonds. The number of pyridine rings is 1. The first-order chi connectivity index (χ1) is 22.8. The van der Waals surface area contributed by atoms with E-state index in [9.17, 15) is 24.4 Å². The number of nitriles is 1. The summed E-state index contributed by atoms with van der Waals surface area (Å²) in [6.07, 6.45) is 4.50. The van der Waals surface area contributed by atoms with Gasteiger partial charge in [-0.2, -0.15) is 5.26 Å². The van der Waals surface area contributed by atoms with Crippen LogP contribution >= 0.6 is 11.8 Å². The molecule has 0 fully saturated rings. The van der Waals surface area contributed by atoms with E-state index in [-0.39, 0.29) is 13.0 Å². The standard InChI is InChI=1S/C35H34N6O5S/c1-41(35(45)28-11-3-5-14-31(28)47-30-13-4-2-9-24(30)21-37)23-32(42)40-29(12-6-7-19-36)33(43)34(44)39-25-15-17-26(18-16-25)46-27-10-8-20-38-22-27/h2-5,8-11,13-18,20,22,29H,6-7,12,19,23,36H2,1H3,(H,39,44)(H,40,42)/t29-/m0/s1. The number of nitrogens with two attached hydrogens (primary N) is 1. The van der Waals surface area contributed by atoms with Crippen LogP contribution in [-0.4, -0.2) is 59.6 Å². The van der Waals surface area contributed by atoms with E-state index in [1.807, 2.05) is 6.07 Å². The lowest BCUT2D eigenvalue weighted by Gasteiger charge is -2.21. The van der Waals surface area contributed by atoms with Crippen molar-refractivity contribution in [1.82, 2.24) is 15.2 Å². The highest BCUT2D eigenvalue weighted by atomic mass is 32.2. The zero-order chi connectivity index (χ0) is 33.6. The van der Waals surface area contributed by atoms with E-state index in [4.69, 9.17) is 10.5 Å². The van der Waals surface area contributed by atoms with E-state index in [0.717, 1.165) is 0 Å². The lowest BCUT2D eigenvalue weighted by atomic mass is 10.0. The summed E-state index contributed by atoms with van der Waals surface area (Å²) in [6, 6.07) is 25.0. The maximum absolute atomic E-state index is 13.4. The van der Waals surface area contributed by atoms with Crippen molar-refractivity contribution in [2.45, 2.75) is 35.1 Å². The van der Waals surface area contributed by atoms with Gasteiger partial charge in [-0.05, 0) is 86.5 Å². The number of carbonyl (C=O) groups is 4. The first-order valence-electron chi connectivity index (χ1n) is 14.8. The number of unbranched alkanes of at least 4 members (excludes halogenated alkanes) is 1. The highest BCUT2D eigenvalue weighted by Crippen LogP contribution is 2.33. The van der Waals surface area contributed by atoms with Crippen molar-refractivity contribution in [3.8, 4) is 17.6 Å². The van der Waals surface area contributed by atoms with Gasteiger partial charge >= 0.3 is 0 Å². The summed E-state index contributed by atoms with van der Waals surface area (Å²) in [5.41, 5.74) is 6.82. The Kier molecular flexibility index (Phi) is 12.6. The first-order valence-corrected chi connectivity index (χ1v) is 15.6. The van der Waals surface area contributed by atoms with Crippen LogP contribution < -0.4 is 21.1 Å². The van der Waals surface area contributed by atoms with E-state index >= 15 is 0 Å². The molecule has 1 atom stereocenters. The van der Waals surface area contributed by atoms with Gasteiger partial charge in [0, 0.05) is 28.7 Å². The Bertz CT molecular complexity index is 1740. The van der Waals surface area contributed by atoms with E-state index in [2.05, 4.69) is 21.7 Å². The molecule has 1 aromatic heterocycles. The summed E-state index contributed by atoms with van der Waals surface area (Å²) >= 11 is 1.28. The van der Waals surface area contributed by atoms with Gasteiger partial charge in [0.25, 0.3) is 11.8 Å². The lowest BCUT2D eigenvalue weighted by Crippen LogP contribution is -2.49. The number of anilines is 1. The maximum atomic E-state index is 13.4. The molecule has 0 saturated heterocycles. The van der Waals surface area contributed by atoms with Crippen LogP contribution in [0.5, 0.6) is 11.5 Å². The van der Waals surface area contributed by atoms with Crippen LogP contribution in [0.1, 0.15) is 35.2 Å². The Hall–Kier alpha value is -5.51. The summed E-state index contributed by atoms with van der Waals surface area (Å²) in [5, 5.41) is 14.7. The fourth-order valence-corrected chi connectivity index (χ4v) is 5.51. The number of hydrogen-bond acceptors (Lipinski definition) is 9. The molecule has 4 aromatic rings. The molecule has 11 nitrogen and oxygen atoms in total. The third kappa shape index (κ3) is 9.99. The molecule has 0 saturated carbocycles. The van der Waals surface area contributed by atoms with E-state index in [0.29, 0.717) is 57.5 Å². The number of aromatic nitrogens is 1. The SMILES string of the molecule is CN(CC(=O)N[C@@H](CCCCN)C(=O)C(=O)Nc1ccc(Oc2cccnc2)cc1)C(=O)c1ccccc1Sc1ccccc1C#N. The molecule has 0 radical (unpaired) electrons. The summed E-state index contributed by atoms with van der Waals surface area (Å²) in [5.74, 6) is -1.67. The molecule has 4 N–H and O–H groups in total. The molecule has 0 spiro atoms. The van der Waals surface area contributed by atoms with Crippen molar-refractivity contribution in [3.63, 3.8) is 0 Å². The molecule has 47 heavy (non-hydrogen) atoms. The third-order valence-corrected chi connectivity index (χ3v) is 8.03. The second kappa shape index (κ2) is 17.3. The molecule has 0 aliphatic rings. The number of nitrogens with one attached hydrogen (secondary N) is 2. The quantitative estimate of drug-likeness (QED) is 0.121. The Morgan fingerprint density at radius 3 is 2.36 bits per heavy atom. The van der Waals surface area contributed by atoms with E-state index in [1.54, 1.807) is 91.3 Å². The fourth-order valence-electron chi connectivity index (χ4n) is 4.49. The molecule has 0 bridgehead atoms. The molecule has 1 heterocycles. The number of carbonyl (C=O) groups excluding carboxylic acids is 4. The smallest absolute Gasteiger partial charge is 0.293 e. The van der Waals surface area contributed by atoms with Crippen molar-refractivity contribution in [2.24, 2.45) is 5.73 Å².